The van der Waals surface area contributed by atoms with Gasteiger partial charge in [0.05, 0.1) is 16.7 Å². The Morgan fingerprint density at radius 2 is 2.28 bits per heavy atom. The molecule has 2 amide bonds. The zero-order valence-electron chi connectivity index (χ0n) is 13.0. The van der Waals surface area contributed by atoms with Crippen LogP contribution in [0.5, 0.6) is 0 Å². The van der Waals surface area contributed by atoms with E-state index in [-0.39, 0.29) is 11.7 Å². The number of amides is 2. The standard InChI is InChI=1S/C15H14N2O4S4/c1-9(13(18)16-10-4-6-25(20,21)8-10)17-14(19)12(24-15(17)22)7-11-3-2-5-23-11/h2-7,9-10H,8H2,1H3,(H,16,18)/b12-7+/t9-,10+/m1/s1. The second-order valence-electron chi connectivity index (χ2n) is 5.52. The molecule has 1 N–H and O–H groups in total. The van der Waals surface area contributed by atoms with Gasteiger partial charge in [0.2, 0.25) is 5.91 Å². The van der Waals surface area contributed by atoms with Gasteiger partial charge in [-0.25, -0.2) is 8.42 Å². The van der Waals surface area contributed by atoms with Crippen LogP contribution in [0.25, 0.3) is 6.08 Å². The molecule has 0 bridgehead atoms. The largest absolute Gasteiger partial charge is 0.347 e. The first kappa shape index (κ1) is 18.3. The maximum atomic E-state index is 12.6. The van der Waals surface area contributed by atoms with Crippen LogP contribution in [0.15, 0.2) is 33.9 Å². The molecule has 0 spiro atoms. The van der Waals surface area contributed by atoms with Gasteiger partial charge in [0.25, 0.3) is 5.91 Å². The lowest BCUT2D eigenvalue weighted by atomic mass is 10.2. The van der Waals surface area contributed by atoms with E-state index in [1.165, 1.54) is 22.3 Å². The quantitative estimate of drug-likeness (QED) is 0.597. The first-order valence-corrected chi connectivity index (χ1v) is 11.1. The third-order valence-electron chi connectivity index (χ3n) is 3.66. The third-order valence-corrected chi connectivity index (χ3v) is 7.21. The second-order valence-corrected chi connectivity index (χ2v) is 10.1. The van der Waals surface area contributed by atoms with Crippen LogP contribution in [0.2, 0.25) is 0 Å². The van der Waals surface area contributed by atoms with Crippen LogP contribution in [0.1, 0.15) is 11.8 Å². The highest BCUT2D eigenvalue weighted by Gasteiger charge is 2.39. The molecule has 2 aliphatic heterocycles. The number of thioether (sulfide) groups is 1. The molecule has 3 rings (SSSR count). The minimum absolute atomic E-state index is 0.165. The number of nitrogens with zero attached hydrogens (tertiary/aromatic N) is 1. The van der Waals surface area contributed by atoms with E-state index in [4.69, 9.17) is 12.2 Å². The summed E-state index contributed by atoms with van der Waals surface area (Å²) in [6.07, 6.45) is 3.18. The molecule has 1 aromatic rings. The Balaban J connectivity index is 1.70. The second kappa shape index (κ2) is 7.02. The van der Waals surface area contributed by atoms with Crippen LogP contribution < -0.4 is 5.32 Å². The molecule has 0 aliphatic carbocycles. The van der Waals surface area contributed by atoms with Crippen molar-refractivity contribution in [2.45, 2.75) is 19.0 Å². The highest BCUT2D eigenvalue weighted by molar-refractivity contribution is 8.26. The van der Waals surface area contributed by atoms with Gasteiger partial charge in [0.1, 0.15) is 10.4 Å². The number of nitrogens with one attached hydrogen (secondary N) is 1. The average Bonchev–Trinajstić information content (AvgIpc) is 3.21. The van der Waals surface area contributed by atoms with Crippen molar-refractivity contribution >= 4 is 67.4 Å². The van der Waals surface area contributed by atoms with Gasteiger partial charge >= 0.3 is 0 Å². The van der Waals surface area contributed by atoms with Crippen molar-refractivity contribution in [2.75, 3.05) is 5.75 Å². The molecule has 2 atom stereocenters. The topological polar surface area (TPSA) is 83.6 Å². The number of carbonyl (C=O) groups excluding carboxylic acids is 2. The van der Waals surface area contributed by atoms with Crippen LogP contribution in [0.4, 0.5) is 0 Å². The van der Waals surface area contributed by atoms with Gasteiger partial charge in [-0.2, -0.15) is 0 Å². The Morgan fingerprint density at radius 3 is 2.88 bits per heavy atom. The Labute approximate surface area is 158 Å². The number of carbonyl (C=O) groups is 2. The van der Waals surface area contributed by atoms with Crippen molar-refractivity contribution < 1.29 is 18.0 Å². The van der Waals surface area contributed by atoms with Crippen LogP contribution in [0.3, 0.4) is 0 Å². The highest BCUT2D eigenvalue weighted by Crippen LogP contribution is 2.34. The maximum absolute atomic E-state index is 12.6. The number of hydrogen-bond acceptors (Lipinski definition) is 7. The van der Waals surface area contributed by atoms with E-state index in [0.29, 0.717) is 9.23 Å². The van der Waals surface area contributed by atoms with Crippen molar-refractivity contribution in [2.24, 2.45) is 0 Å². The lowest BCUT2D eigenvalue weighted by Gasteiger charge is -2.23. The summed E-state index contributed by atoms with van der Waals surface area (Å²) in [7, 11) is -3.26. The number of thiocarbonyl (C=S) groups is 1. The van der Waals surface area contributed by atoms with Crippen LogP contribution in [-0.2, 0) is 19.4 Å². The molecule has 0 radical (unpaired) electrons. The summed E-state index contributed by atoms with van der Waals surface area (Å²) < 4.78 is 23.1. The van der Waals surface area contributed by atoms with Gasteiger partial charge in [0, 0.05) is 10.3 Å². The Morgan fingerprint density at radius 1 is 1.52 bits per heavy atom. The number of sulfone groups is 1. The Hall–Kier alpha value is -1.49. The normalized spacial score (nSPS) is 24.9. The molecule has 10 heteroatoms. The summed E-state index contributed by atoms with van der Waals surface area (Å²) in [5.74, 6) is -0.927. The molecule has 3 heterocycles. The molecular formula is C15H14N2O4S4. The van der Waals surface area contributed by atoms with Gasteiger partial charge in [-0.15, -0.1) is 11.3 Å². The molecule has 1 aromatic heterocycles. The summed E-state index contributed by atoms with van der Waals surface area (Å²) in [6, 6.07) is 2.37. The molecule has 1 fully saturated rings. The lowest BCUT2D eigenvalue weighted by Crippen LogP contribution is -2.49. The van der Waals surface area contributed by atoms with Gasteiger partial charge < -0.3 is 5.32 Å². The van der Waals surface area contributed by atoms with E-state index in [9.17, 15) is 18.0 Å². The zero-order valence-corrected chi connectivity index (χ0v) is 16.3. The summed E-state index contributed by atoms with van der Waals surface area (Å²) >= 11 is 7.90. The molecule has 25 heavy (non-hydrogen) atoms. The van der Waals surface area contributed by atoms with Gasteiger partial charge in [0.15, 0.2) is 9.84 Å². The summed E-state index contributed by atoms with van der Waals surface area (Å²) in [4.78, 5) is 27.6. The summed E-state index contributed by atoms with van der Waals surface area (Å²) in [6.45, 7) is 1.57. The molecule has 132 valence electrons. The number of thiophene rings is 1. The van der Waals surface area contributed by atoms with Crippen molar-refractivity contribution in [3.8, 4) is 0 Å². The minimum atomic E-state index is -3.26. The number of hydrogen-bond donors (Lipinski definition) is 1. The maximum Gasteiger partial charge on any atom is 0.266 e. The van der Waals surface area contributed by atoms with Crippen molar-refractivity contribution in [3.63, 3.8) is 0 Å². The van der Waals surface area contributed by atoms with Crippen LogP contribution in [0, 0.1) is 0 Å². The van der Waals surface area contributed by atoms with E-state index in [0.717, 1.165) is 22.0 Å². The summed E-state index contributed by atoms with van der Waals surface area (Å²) in [5.41, 5.74) is 0. The van der Waals surface area contributed by atoms with E-state index >= 15 is 0 Å². The molecule has 6 nitrogen and oxygen atoms in total. The molecule has 0 unspecified atom stereocenters. The van der Waals surface area contributed by atoms with E-state index in [1.54, 1.807) is 13.0 Å². The first-order valence-electron chi connectivity index (χ1n) is 7.29. The fourth-order valence-corrected chi connectivity index (χ4v) is 5.78. The van der Waals surface area contributed by atoms with Crippen LogP contribution in [-0.4, -0.2) is 47.3 Å². The Kier molecular flexibility index (Phi) is 5.14. The monoisotopic (exact) mass is 414 g/mol. The van der Waals surface area contributed by atoms with Crippen molar-refractivity contribution in [1.29, 1.82) is 0 Å². The van der Waals surface area contributed by atoms with E-state index in [2.05, 4.69) is 5.32 Å². The molecule has 0 aromatic carbocycles. The first-order chi connectivity index (χ1) is 11.8. The van der Waals surface area contributed by atoms with Gasteiger partial charge in [-0.3, -0.25) is 14.5 Å². The predicted octanol–water partition coefficient (Wildman–Crippen LogP) is 1.76. The fraction of sp³-hybridized carbons (Fsp3) is 0.267. The fourth-order valence-electron chi connectivity index (χ4n) is 2.40. The van der Waals surface area contributed by atoms with Gasteiger partial charge in [-0.1, -0.05) is 30.0 Å². The third kappa shape index (κ3) is 4.02. The van der Waals surface area contributed by atoms with Crippen LogP contribution >= 0.6 is 35.3 Å². The van der Waals surface area contributed by atoms with Crippen molar-refractivity contribution in [3.05, 3.63) is 38.8 Å². The smallest absolute Gasteiger partial charge is 0.266 e. The van der Waals surface area contributed by atoms with Gasteiger partial charge in [-0.05, 0) is 30.5 Å². The molecule has 1 saturated heterocycles. The molecular weight excluding hydrogens is 400 g/mol. The number of rotatable bonds is 4. The van der Waals surface area contributed by atoms with E-state index in [1.807, 2.05) is 17.5 Å². The predicted molar refractivity (Wildman–Crippen MR) is 104 cm³/mol. The van der Waals surface area contributed by atoms with Crippen molar-refractivity contribution in [1.82, 2.24) is 10.2 Å². The average molecular weight is 415 g/mol. The lowest BCUT2D eigenvalue weighted by molar-refractivity contribution is -0.132. The van der Waals surface area contributed by atoms with E-state index < -0.39 is 27.8 Å². The molecule has 0 saturated carbocycles. The highest BCUT2D eigenvalue weighted by atomic mass is 32.2. The Bertz CT molecular complexity index is 887. The summed E-state index contributed by atoms with van der Waals surface area (Å²) in [5, 5.41) is 5.63. The zero-order chi connectivity index (χ0) is 18.2. The SMILES string of the molecule is C[C@H](C(=O)N[C@H]1C=CS(=O)(=O)C1)N1C(=O)/C(=C\c2cccs2)SC1=S. The molecule has 2 aliphatic rings. The minimum Gasteiger partial charge on any atom is -0.347 e.